The molecule has 3 amide bonds. The molecule has 5 nitrogen and oxygen atoms in total. The second-order valence-corrected chi connectivity index (χ2v) is 4.89. The molecular formula is C12H21N3O2. The number of carbonyl (C=O) groups excluding carboxylic acids is 2. The molecular weight excluding hydrogens is 218 g/mol. The molecule has 2 N–H and O–H groups in total. The highest BCUT2D eigenvalue weighted by molar-refractivity contribution is 6.04. The van der Waals surface area contributed by atoms with Crippen LogP contribution in [-0.4, -0.2) is 42.0 Å². The molecule has 17 heavy (non-hydrogen) atoms. The van der Waals surface area contributed by atoms with Gasteiger partial charge >= 0.3 is 6.03 Å². The minimum atomic E-state index is -0.295. The molecule has 0 aromatic rings. The fourth-order valence-corrected chi connectivity index (χ4v) is 2.53. The van der Waals surface area contributed by atoms with E-state index in [4.69, 9.17) is 0 Å². The van der Waals surface area contributed by atoms with Gasteiger partial charge in [-0.25, -0.2) is 4.79 Å². The van der Waals surface area contributed by atoms with Crippen molar-refractivity contribution in [3.63, 3.8) is 0 Å². The number of nitrogens with one attached hydrogen (secondary N) is 2. The Morgan fingerprint density at radius 3 is 2.82 bits per heavy atom. The summed E-state index contributed by atoms with van der Waals surface area (Å²) in [5.41, 5.74) is 0. The fourth-order valence-electron chi connectivity index (χ4n) is 2.53. The number of amides is 3. The Labute approximate surface area is 102 Å². The molecule has 0 bridgehead atoms. The van der Waals surface area contributed by atoms with E-state index in [0.29, 0.717) is 6.54 Å². The SMILES string of the molecule is CCCC1NC(=O)N(CC2CCCCN2)C1=O. The summed E-state index contributed by atoms with van der Waals surface area (Å²) >= 11 is 0. The molecule has 2 unspecified atom stereocenters. The van der Waals surface area contributed by atoms with Crippen molar-refractivity contribution in [3.8, 4) is 0 Å². The normalized spacial score (nSPS) is 29.6. The predicted molar refractivity (Wildman–Crippen MR) is 64.6 cm³/mol. The highest BCUT2D eigenvalue weighted by Gasteiger charge is 2.38. The number of urea groups is 1. The molecule has 2 heterocycles. The highest BCUT2D eigenvalue weighted by atomic mass is 16.2. The Hall–Kier alpha value is -1.10. The van der Waals surface area contributed by atoms with Crippen LogP contribution in [0.4, 0.5) is 4.79 Å². The second-order valence-electron chi connectivity index (χ2n) is 4.89. The first-order chi connectivity index (χ1) is 8.22. The van der Waals surface area contributed by atoms with Gasteiger partial charge in [0.2, 0.25) is 0 Å². The van der Waals surface area contributed by atoms with Crippen LogP contribution < -0.4 is 10.6 Å². The number of nitrogens with zero attached hydrogens (tertiary/aromatic N) is 1. The van der Waals surface area contributed by atoms with Gasteiger partial charge in [-0.2, -0.15) is 0 Å². The van der Waals surface area contributed by atoms with Crippen LogP contribution in [0.2, 0.25) is 0 Å². The molecule has 0 aromatic heterocycles. The number of carbonyl (C=O) groups is 2. The Morgan fingerprint density at radius 1 is 1.35 bits per heavy atom. The average molecular weight is 239 g/mol. The quantitative estimate of drug-likeness (QED) is 0.715. The summed E-state index contributed by atoms with van der Waals surface area (Å²) in [5.74, 6) is -0.0516. The van der Waals surface area contributed by atoms with Crippen molar-refractivity contribution in [2.45, 2.75) is 51.1 Å². The van der Waals surface area contributed by atoms with Gasteiger partial charge in [0, 0.05) is 12.6 Å². The van der Waals surface area contributed by atoms with Gasteiger partial charge in [-0.3, -0.25) is 9.69 Å². The molecule has 0 aromatic carbocycles. The van der Waals surface area contributed by atoms with E-state index in [-0.39, 0.29) is 24.0 Å². The summed E-state index contributed by atoms with van der Waals surface area (Å²) in [6.07, 6.45) is 5.07. The number of rotatable bonds is 4. The third-order valence-electron chi connectivity index (χ3n) is 3.50. The van der Waals surface area contributed by atoms with Crippen LogP contribution in [0.3, 0.4) is 0 Å². The zero-order valence-corrected chi connectivity index (χ0v) is 10.4. The topological polar surface area (TPSA) is 61.4 Å². The molecule has 0 spiro atoms. The van der Waals surface area contributed by atoms with Crippen LogP contribution in [-0.2, 0) is 4.79 Å². The van der Waals surface area contributed by atoms with Gasteiger partial charge in [0.05, 0.1) is 0 Å². The Kier molecular flexibility index (Phi) is 3.99. The lowest BCUT2D eigenvalue weighted by Gasteiger charge is -2.26. The van der Waals surface area contributed by atoms with Gasteiger partial charge in [0.15, 0.2) is 0 Å². The molecule has 5 heteroatoms. The minimum absolute atomic E-state index is 0.0516. The van der Waals surface area contributed by atoms with Gasteiger partial charge in [0.1, 0.15) is 6.04 Å². The summed E-state index contributed by atoms with van der Waals surface area (Å²) in [5, 5.41) is 6.11. The number of hydrogen-bond donors (Lipinski definition) is 2. The van der Waals surface area contributed by atoms with Crippen LogP contribution in [0, 0.1) is 0 Å². The first-order valence-corrected chi connectivity index (χ1v) is 6.57. The number of imide groups is 1. The van der Waals surface area contributed by atoms with E-state index in [1.54, 1.807) is 0 Å². The van der Waals surface area contributed by atoms with Gasteiger partial charge in [-0.1, -0.05) is 19.8 Å². The van der Waals surface area contributed by atoms with E-state index in [1.165, 1.54) is 17.7 Å². The Bertz CT molecular complexity index is 300. The van der Waals surface area contributed by atoms with Crippen LogP contribution in [0.25, 0.3) is 0 Å². The maximum Gasteiger partial charge on any atom is 0.324 e. The van der Waals surface area contributed by atoms with Crippen molar-refractivity contribution in [1.82, 2.24) is 15.5 Å². The molecule has 2 saturated heterocycles. The maximum atomic E-state index is 12.0. The first kappa shape index (κ1) is 12.4. The fraction of sp³-hybridized carbons (Fsp3) is 0.833. The average Bonchev–Trinajstić information content (AvgIpc) is 2.59. The van der Waals surface area contributed by atoms with Crippen molar-refractivity contribution in [2.75, 3.05) is 13.1 Å². The van der Waals surface area contributed by atoms with E-state index in [1.807, 2.05) is 6.92 Å². The largest absolute Gasteiger partial charge is 0.326 e. The summed E-state index contributed by atoms with van der Waals surface area (Å²) in [4.78, 5) is 25.1. The standard InChI is InChI=1S/C12H21N3O2/c1-2-5-10-11(16)15(12(17)14-10)8-9-6-3-4-7-13-9/h9-10,13H,2-8H2,1H3,(H,14,17). The lowest BCUT2D eigenvalue weighted by Crippen LogP contribution is -2.46. The molecule has 0 saturated carbocycles. The van der Waals surface area contributed by atoms with Gasteiger partial charge in [-0.15, -0.1) is 0 Å². The van der Waals surface area contributed by atoms with Crippen LogP contribution in [0.15, 0.2) is 0 Å². The predicted octanol–water partition coefficient (Wildman–Crippen LogP) is 0.849. The second kappa shape index (κ2) is 5.49. The lowest BCUT2D eigenvalue weighted by atomic mass is 10.0. The molecule has 96 valence electrons. The molecule has 2 fully saturated rings. The van der Waals surface area contributed by atoms with Crippen molar-refractivity contribution in [1.29, 1.82) is 0 Å². The van der Waals surface area contributed by atoms with Crippen molar-refractivity contribution in [3.05, 3.63) is 0 Å². The molecule has 2 aliphatic rings. The van der Waals surface area contributed by atoms with Gasteiger partial charge < -0.3 is 10.6 Å². The summed E-state index contributed by atoms with van der Waals surface area (Å²) in [7, 11) is 0. The van der Waals surface area contributed by atoms with Crippen molar-refractivity contribution in [2.24, 2.45) is 0 Å². The van der Waals surface area contributed by atoms with Crippen molar-refractivity contribution >= 4 is 11.9 Å². The maximum absolute atomic E-state index is 12.0. The lowest BCUT2D eigenvalue weighted by molar-refractivity contribution is -0.127. The van der Waals surface area contributed by atoms with Crippen molar-refractivity contribution < 1.29 is 9.59 Å². The minimum Gasteiger partial charge on any atom is -0.326 e. The highest BCUT2D eigenvalue weighted by Crippen LogP contribution is 2.14. The van der Waals surface area contributed by atoms with E-state index >= 15 is 0 Å². The zero-order chi connectivity index (χ0) is 12.3. The third-order valence-corrected chi connectivity index (χ3v) is 3.50. The first-order valence-electron chi connectivity index (χ1n) is 6.57. The Balaban J connectivity index is 1.91. The zero-order valence-electron chi connectivity index (χ0n) is 10.4. The van der Waals surface area contributed by atoms with Gasteiger partial charge in [-0.05, 0) is 25.8 Å². The smallest absolute Gasteiger partial charge is 0.324 e. The summed E-state index contributed by atoms with van der Waals surface area (Å²) in [6, 6.07) is -0.240. The molecule has 0 radical (unpaired) electrons. The molecule has 2 atom stereocenters. The van der Waals surface area contributed by atoms with E-state index < -0.39 is 0 Å². The number of piperidine rings is 1. The summed E-state index contributed by atoms with van der Waals surface area (Å²) < 4.78 is 0. The molecule has 0 aliphatic carbocycles. The van der Waals surface area contributed by atoms with Crippen LogP contribution in [0.1, 0.15) is 39.0 Å². The molecule has 2 rings (SSSR count). The monoisotopic (exact) mass is 239 g/mol. The van der Waals surface area contributed by atoms with Crippen LogP contribution >= 0.6 is 0 Å². The Morgan fingerprint density at radius 2 is 2.18 bits per heavy atom. The van der Waals surface area contributed by atoms with E-state index in [0.717, 1.165) is 25.8 Å². The van der Waals surface area contributed by atoms with Gasteiger partial charge in [0.25, 0.3) is 5.91 Å². The van der Waals surface area contributed by atoms with E-state index in [9.17, 15) is 9.59 Å². The van der Waals surface area contributed by atoms with Crippen LogP contribution in [0.5, 0.6) is 0 Å². The summed E-state index contributed by atoms with van der Waals surface area (Å²) in [6.45, 7) is 3.53. The third kappa shape index (κ3) is 2.77. The number of hydrogen-bond acceptors (Lipinski definition) is 3. The van der Waals surface area contributed by atoms with E-state index in [2.05, 4.69) is 10.6 Å². The molecule has 2 aliphatic heterocycles.